The summed E-state index contributed by atoms with van der Waals surface area (Å²) in [4.78, 5) is 25.9. The van der Waals surface area contributed by atoms with E-state index in [1.54, 1.807) is 25.1 Å². The van der Waals surface area contributed by atoms with E-state index in [-0.39, 0.29) is 22.4 Å². The molecule has 0 aromatic heterocycles. The number of rotatable bonds is 7. The molecule has 0 fully saturated rings. The Morgan fingerprint density at radius 1 is 1.23 bits per heavy atom. The molecule has 0 bridgehead atoms. The summed E-state index contributed by atoms with van der Waals surface area (Å²) in [6.45, 7) is 2.78. The number of carboxylic acid groups (broad SMARTS) is 1. The van der Waals surface area contributed by atoms with E-state index in [4.69, 9.17) is 26.2 Å². The Morgan fingerprint density at radius 2 is 2.00 bits per heavy atom. The minimum atomic E-state index is -1.19. The van der Waals surface area contributed by atoms with Crippen LogP contribution >= 0.6 is 11.6 Å². The van der Waals surface area contributed by atoms with E-state index in [1.807, 2.05) is 31.3 Å². The van der Waals surface area contributed by atoms with Crippen molar-refractivity contribution in [2.45, 2.75) is 19.4 Å². The van der Waals surface area contributed by atoms with Gasteiger partial charge in [-0.1, -0.05) is 23.7 Å². The average molecular weight is 499 g/mol. The standard InChI is InChI=1S/C26H24ClFN2O5/c1-15-9-17(34-14-18-13-30(2)23-5-3-4-6-24(23)35-18)7-8-19(15)26(33)29-22-10-16(11-25(31)32)21(28)12-20(22)27/h3-10,12,18H,11,13-14H2,1-2H3,(H,29,33)(H,31,32)/t18-/m0/s1. The van der Waals surface area contributed by atoms with Crippen LogP contribution in [0.3, 0.4) is 0 Å². The van der Waals surface area contributed by atoms with Crippen molar-refractivity contribution in [2.24, 2.45) is 0 Å². The maximum atomic E-state index is 14.0. The van der Waals surface area contributed by atoms with Crippen LogP contribution < -0.4 is 19.7 Å². The van der Waals surface area contributed by atoms with Gasteiger partial charge in [0.15, 0.2) is 0 Å². The number of fused-ring (bicyclic) bond motifs is 1. The Hall–Kier alpha value is -3.78. The summed E-state index contributed by atoms with van der Waals surface area (Å²) >= 11 is 6.05. The molecule has 3 aromatic rings. The Morgan fingerprint density at radius 3 is 2.74 bits per heavy atom. The van der Waals surface area contributed by atoms with Crippen molar-refractivity contribution in [3.05, 3.63) is 82.1 Å². The first kappa shape index (κ1) is 24.3. The molecular weight excluding hydrogens is 475 g/mol. The summed E-state index contributed by atoms with van der Waals surface area (Å²) in [5.74, 6) is -0.997. The number of amides is 1. The molecule has 2 N–H and O–H groups in total. The third-order valence-corrected chi connectivity index (χ3v) is 5.96. The van der Waals surface area contributed by atoms with E-state index in [1.165, 1.54) is 6.07 Å². The summed E-state index contributed by atoms with van der Waals surface area (Å²) in [6, 6.07) is 15.1. The summed E-state index contributed by atoms with van der Waals surface area (Å²) < 4.78 is 25.9. The zero-order chi connectivity index (χ0) is 25.1. The number of likely N-dealkylation sites (N-methyl/N-ethyl adjacent to an activating group) is 1. The molecule has 7 nitrogen and oxygen atoms in total. The van der Waals surface area contributed by atoms with Gasteiger partial charge in [0.1, 0.15) is 30.0 Å². The molecular formula is C26H24ClFN2O5. The Kier molecular flexibility index (Phi) is 7.12. The van der Waals surface area contributed by atoms with Gasteiger partial charge in [-0.2, -0.15) is 0 Å². The second kappa shape index (κ2) is 10.2. The smallest absolute Gasteiger partial charge is 0.307 e. The molecule has 0 saturated carbocycles. The first-order valence-corrected chi connectivity index (χ1v) is 11.3. The molecule has 1 atom stereocenters. The number of benzene rings is 3. The minimum Gasteiger partial charge on any atom is -0.490 e. The van der Waals surface area contributed by atoms with Crippen molar-refractivity contribution in [3.63, 3.8) is 0 Å². The predicted molar refractivity (Wildman–Crippen MR) is 132 cm³/mol. The molecule has 4 rings (SSSR count). The summed E-state index contributed by atoms with van der Waals surface area (Å²) in [5, 5.41) is 11.6. The van der Waals surface area contributed by atoms with Crippen LogP contribution in [0.15, 0.2) is 54.6 Å². The van der Waals surface area contributed by atoms with Crippen LogP contribution in [0.5, 0.6) is 11.5 Å². The van der Waals surface area contributed by atoms with Crippen LogP contribution in [0.1, 0.15) is 21.5 Å². The zero-order valence-electron chi connectivity index (χ0n) is 19.2. The first-order chi connectivity index (χ1) is 16.7. The van der Waals surface area contributed by atoms with E-state index in [0.29, 0.717) is 30.0 Å². The molecule has 1 heterocycles. The van der Waals surface area contributed by atoms with Crippen molar-refractivity contribution in [2.75, 3.05) is 30.4 Å². The molecule has 0 radical (unpaired) electrons. The number of carbonyl (C=O) groups is 2. The van der Waals surface area contributed by atoms with Gasteiger partial charge in [-0.15, -0.1) is 0 Å². The van der Waals surface area contributed by atoms with Crippen LogP contribution in [0, 0.1) is 12.7 Å². The van der Waals surface area contributed by atoms with Gasteiger partial charge < -0.3 is 24.8 Å². The monoisotopic (exact) mass is 498 g/mol. The fourth-order valence-electron chi connectivity index (χ4n) is 3.93. The highest BCUT2D eigenvalue weighted by Gasteiger charge is 2.24. The SMILES string of the molecule is Cc1cc(OC[C@@H]2CN(C)c3ccccc3O2)ccc1C(=O)Nc1cc(CC(=O)O)c(F)cc1Cl. The lowest BCUT2D eigenvalue weighted by Gasteiger charge is -2.33. The lowest BCUT2D eigenvalue weighted by atomic mass is 10.1. The summed E-state index contributed by atoms with van der Waals surface area (Å²) in [5.41, 5.74) is 2.13. The van der Waals surface area contributed by atoms with Gasteiger partial charge in [-0.05, 0) is 55.0 Å². The number of aryl methyl sites for hydroxylation is 1. The quantitative estimate of drug-likeness (QED) is 0.479. The molecule has 35 heavy (non-hydrogen) atoms. The number of carboxylic acids is 1. The Balaban J connectivity index is 1.41. The Bertz CT molecular complexity index is 1280. The number of halogens is 2. The van der Waals surface area contributed by atoms with Gasteiger partial charge in [0.25, 0.3) is 5.91 Å². The molecule has 182 valence electrons. The maximum Gasteiger partial charge on any atom is 0.307 e. The molecule has 0 spiro atoms. The predicted octanol–water partition coefficient (Wildman–Crippen LogP) is 4.94. The highest BCUT2D eigenvalue weighted by molar-refractivity contribution is 6.34. The molecule has 3 aromatic carbocycles. The van der Waals surface area contributed by atoms with Crippen LogP contribution in [0.2, 0.25) is 5.02 Å². The molecule has 0 saturated heterocycles. The van der Waals surface area contributed by atoms with E-state index < -0.39 is 24.1 Å². The van der Waals surface area contributed by atoms with Crippen LogP contribution in [-0.2, 0) is 11.2 Å². The van der Waals surface area contributed by atoms with Crippen molar-refractivity contribution < 1.29 is 28.6 Å². The Labute approximate surface area is 207 Å². The zero-order valence-corrected chi connectivity index (χ0v) is 19.9. The molecule has 0 aliphatic carbocycles. The van der Waals surface area contributed by atoms with E-state index >= 15 is 0 Å². The average Bonchev–Trinajstić information content (AvgIpc) is 2.80. The van der Waals surface area contributed by atoms with E-state index in [2.05, 4.69) is 10.2 Å². The van der Waals surface area contributed by atoms with Gasteiger partial charge in [0, 0.05) is 18.2 Å². The van der Waals surface area contributed by atoms with E-state index in [9.17, 15) is 14.0 Å². The second-order valence-electron chi connectivity index (χ2n) is 8.32. The van der Waals surface area contributed by atoms with Gasteiger partial charge in [0.05, 0.1) is 29.4 Å². The third kappa shape index (κ3) is 5.66. The second-order valence-corrected chi connectivity index (χ2v) is 8.73. The van der Waals surface area contributed by atoms with Gasteiger partial charge in [0.2, 0.25) is 0 Å². The number of para-hydroxylation sites is 2. The van der Waals surface area contributed by atoms with Crippen molar-refractivity contribution >= 4 is 34.9 Å². The largest absolute Gasteiger partial charge is 0.490 e. The van der Waals surface area contributed by atoms with E-state index in [0.717, 1.165) is 17.5 Å². The number of nitrogens with zero attached hydrogens (tertiary/aromatic N) is 1. The van der Waals surface area contributed by atoms with Gasteiger partial charge in [-0.3, -0.25) is 9.59 Å². The number of ether oxygens (including phenoxy) is 2. The highest BCUT2D eigenvalue weighted by atomic mass is 35.5. The van der Waals surface area contributed by atoms with Gasteiger partial charge in [-0.25, -0.2) is 4.39 Å². The molecule has 1 amide bonds. The number of carbonyl (C=O) groups excluding carboxylic acids is 1. The van der Waals surface area contributed by atoms with Crippen molar-refractivity contribution in [1.82, 2.24) is 0 Å². The molecule has 9 heteroatoms. The van der Waals surface area contributed by atoms with Crippen LogP contribution in [0.25, 0.3) is 0 Å². The highest BCUT2D eigenvalue weighted by Crippen LogP contribution is 2.32. The third-order valence-electron chi connectivity index (χ3n) is 5.65. The molecule has 0 unspecified atom stereocenters. The lowest BCUT2D eigenvalue weighted by molar-refractivity contribution is -0.136. The van der Waals surface area contributed by atoms with Gasteiger partial charge >= 0.3 is 5.97 Å². The number of aliphatic carboxylic acids is 1. The maximum absolute atomic E-state index is 14.0. The fraction of sp³-hybridized carbons (Fsp3) is 0.231. The minimum absolute atomic E-state index is 0.0263. The van der Waals surface area contributed by atoms with Crippen LogP contribution in [0.4, 0.5) is 15.8 Å². The number of hydrogen-bond acceptors (Lipinski definition) is 5. The topological polar surface area (TPSA) is 88.1 Å². The van der Waals surface area contributed by atoms with Crippen molar-refractivity contribution in [3.8, 4) is 11.5 Å². The fourth-order valence-corrected chi connectivity index (χ4v) is 4.12. The van der Waals surface area contributed by atoms with Crippen LogP contribution in [-0.4, -0.2) is 43.3 Å². The normalized spacial score (nSPS) is 14.6. The summed E-state index contributed by atoms with van der Waals surface area (Å²) in [7, 11) is 2.00. The first-order valence-electron chi connectivity index (χ1n) is 10.9. The summed E-state index contributed by atoms with van der Waals surface area (Å²) in [6.07, 6.45) is -0.679. The number of hydrogen-bond donors (Lipinski definition) is 2. The lowest BCUT2D eigenvalue weighted by Crippen LogP contribution is -2.41. The number of nitrogens with one attached hydrogen (secondary N) is 1. The molecule has 1 aliphatic heterocycles. The molecule has 1 aliphatic rings. The number of anilines is 2. The van der Waals surface area contributed by atoms with Crippen molar-refractivity contribution in [1.29, 1.82) is 0 Å².